The molecule has 25 heavy (non-hydrogen) atoms. The molecule has 0 bridgehead atoms. The summed E-state index contributed by atoms with van der Waals surface area (Å²) in [5.74, 6) is 0.524. The number of hydrogen-bond donors (Lipinski definition) is 0. The average Bonchev–Trinajstić information content (AvgIpc) is 2.72. The highest BCUT2D eigenvalue weighted by atomic mass is 16.7. The Bertz CT molecular complexity index is 710. The van der Waals surface area contributed by atoms with Crippen LogP contribution in [0.25, 0.3) is 0 Å². The molecule has 2 aliphatic heterocycles. The summed E-state index contributed by atoms with van der Waals surface area (Å²) in [6, 6.07) is 5.72. The number of benzene rings is 1. The van der Waals surface area contributed by atoms with Gasteiger partial charge in [0.15, 0.2) is 0 Å². The minimum atomic E-state index is -0.481. The molecule has 0 unspecified atom stereocenters. The summed E-state index contributed by atoms with van der Waals surface area (Å²) in [6.45, 7) is 16.1. The number of carbonyl (C=O) groups excluding carboxylic acids is 1. The summed E-state index contributed by atoms with van der Waals surface area (Å²) in [5, 5.41) is 0. The molecule has 2 heterocycles. The number of fused-ring (bicyclic) bond motifs is 1. The van der Waals surface area contributed by atoms with Crippen molar-refractivity contribution in [2.24, 2.45) is 0 Å². The molecule has 0 spiro atoms. The van der Waals surface area contributed by atoms with Gasteiger partial charge < -0.3 is 18.9 Å². The lowest BCUT2D eigenvalue weighted by Gasteiger charge is -2.39. The Morgan fingerprint density at radius 3 is 2.32 bits per heavy atom. The zero-order valence-electron chi connectivity index (χ0n) is 15.9. The fraction of sp³-hybridized carbons (Fsp3) is 0.526. The van der Waals surface area contributed by atoms with Gasteiger partial charge in [-0.3, -0.25) is 4.79 Å². The normalized spacial score (nSPS) is 23.0. The van der Waals surface area contributed by atoms with Gasteiger partial charge in [0, 0.05) is 0 Å². The second-order valence-corrected chi connectivity index (χ2v) is 8.31. The number of amides is 1. The number of ether oxygens (including phenoxy) is 1. The van der Waals surface area contributed by atoms with Crippen LogP contribution < -0.4 is 15.1 Å². The van der Waals surface area contributed by atoms with Gasteiger partial charge in [0.05, 0.1) is 23.4 Å². The Morgan fingerprint density at radius 1 is 1.16 bits per heavy atom. The van der Waals surface area contributed by atoms with Gasteiger partial charge in [-0.1, -0.05) is 12.6 Å². The molecule has 3 rings (SSSR count). The maximum atomic E-state index is 12.3. The second-order valence-electron chi connectivity index (χ2n) is 8.31. The summed E-state index contributed by atoms with van der Waals surface area (Å²) in [5.41, 5.74) is 0.294. The maximum Gasteiger partial charge on any atom is 0.494 e. The average molecular weight is 343 g/mol. The van der Waals surface area contributed by atoms with E-state index in [1.807, 2.05) is 59.7 Å². The second kappa shape index (κ2) is 5.61. The smallest absolute Gasteiger partial charge is 0.484 e. The van der Waals surface area contributed by atoms with Gasteiger partial charge in [0.1, 0.15) is 11.4 Å². The molecule has 1 amide bonds. The van der Waals surface area contributed by atoms with Crippen LogP contribution in [0.1, 0.15) is 41.5 Å². The van der Waals surface area contributed by atoms with Gasteiger partial charge in [0.25, 0.3) is 5.91 Å². The Hall–Kier alpha value is -1.79. The third kappa shape index (κ3) is 3.09. The summed E-state index contributed by atoms with van der Waals surface area (Å²) < 4.78 is 18.3. The molecular formula is C19H26BNO4. The van der Waals surface area contributed by atoms with Gasteiger partial charge in [-0.25, -0.2) is 0 Å². The van der Waals surface area contributed by atoms with Crippen molar-refractivity contribution in [2.45, 2.75) is 58.3 Å². The first-order valence-electron chi connectivity index (χ1n) is 8.58. The molecule has 5 nitrogen and oxygen atoms in total. The largest absolute Gasteiger partial charge is 0.494 e. The molecule has 0 atom stereocenters. The maximum absolute atomic E-state index is 12.3. The Balaban J connectivity index is 1.99. The van der Waals surface area contributed by atoms with Crippen LogP contribution in [0, 0.1) is 0 Å². The van der Waals surface area contributed by atoms with Crippen molar-refractivity contribution in [3.8, 4) is 5.75 Å². The molecule has 1 saturated heterocycles. The highest BCUT2D eigenvalue weighted by molar-refractivity contribution is 6.62. The van der Waals surface area contributed by atoms with Crippen LogP contribution in [0.2, 0.25) is 0 Å². The first-order chi connectivity index (χ1) is 11.5. The fourth-order valence-electron chi connectivity index (χ4n) is 3.06. The Labute approximate surface area is 150 Å². The number of carbonyl (C=O) groups is 1. The highest BCUT2D eigenvalue weighted by Gasteiger charge is 2.52. The van der Waals surface area contributed by atoms with E-state index >= 15 is 0 Å². The molecule has 0 N–H and O–H groups in total. The van der Waals surface area contributed by atoms with Gasteiger partial charge in [-0.2, -0.15) is 0 Å². The topological polar surface area (TPSA) is 48.0 Å². The predicted molar refractivity (Wildman–Crippen MR) is 99.4 cm³/mol. The number of hydrogen-bond acceptors (Lipinski definition) is 4. The fourth-order valence-corrected chi connectivity index (χ4v) is 3.06. The SMILES string of the molecule is C=CC(=O)N1CC(C)(C)Oc2ccc(B3OC(C)(C)C(C)(C)O3)cc21. The lowest BCUT2D eigenvalue weighted by Crippen LogP contribution is -2.49. The van der Waals surface area contributed by atoms with Crippen molar-refractivity contribution in [1.82, 2.24) is 0 Å². The number of nitrogens with zero attached hydrogens (tertiary/aromatic N) is 1. The Kier molecular flexibility index (Phi) is 4.04. The van der Waals surface area contributed by atoms with Crippen molar-refractivity contribution in [3.63, 3.8) is 0 Å². The van der Waals surface area contributed by atoms with E-state index in [-0.39, 0.29) is 5.91 Å². The zero-order chi connectivity index (χ0) is 18.6. The van der Waals surface area contributed by atoms with E-state index in [1.165, 1.54) is 6.08 Å². The third-order valence-corrected chi connectivity index (χ3v) is 5.16. The molecule has 0 aromatic heterocycles. The van der Waals surface area contributed by atoms with E-state index in [9.17, 15) is 4.79 Å². The quantitative estimate of drug-likeness (QED) is 0.612. The summed E-state index contributed by atoms with van der Waals surface area (Å²) in [7, 11) is -0.481. The minimum Gasteiger partial charge on any atom is -0.484 e. The summed E-state index contributed by atoms with van der Waals surface area (Å²) >= 11 is 0. The first-order valence-corrected chi connectivity index (χ1v) is 8.58. The van der Waals surface area contributed by atoms with Crippen LogP contribution in [0.3, 0.4) is 0 Å². The van der Waals surface area contributed by atoms with E-state index < -0.39 is 23.9 Å². The predicted octanol–water partition coefficient (Wildman–Crippen LogP) is 2.68. The summed E-state index contributed by atoms with van der Waals surface area (Å²) in [4.78, 5) is 14.0. The zero-order valence-corrected chi connectivity index (χ0v) is 15.9. The monoisotopic (exact) mass is 343 g/mol. The van der Waals surface area contributed by atoms with Gasteiger partial charge in [-0.05, 0) is 65.2 Å². The van der Waals surface area contributed by atoms with Crippen LogP contribution in [0.4, 0.5) is 5.69 Å². The molecule has 0 saturated carbocycles. The summed E-state index contributed by atoms with van der Waals surface area (Å²) in [6.07, 6.45) is 1.33. The van der Waals surface area contributed by atoms with Crippen LogP contribution in [-0.2, 0) is 14.1 Å². The van der Waals surface area contributed by atoms with E-state index in [2.05, 4.69) is 6.58 Å². The minimum absolute atomic E-state index is 0.149. The van der Waals surface area contributed by atoms with Crippen LogP contribution in [0.15, 0.2) is 30.9 Å². The third-order valence-electron chi connectivity index (χ3n) is 5.16. The standard InChI is InChI=1S/C19H26BNO4/c1-8-16(22)21-12-17(2,3)23-15-10-9-13(11-14(15)21)20-24-18(4,5)19(6,7)25-20/h8-11H,1,12H2,2-7H3. The van der Waals surface area contributed by atoms with E-state index in [0.717, 1.165) is 11.2 Å². The van der Waals surface area contributed by atoms with Crippen molar-refractivity contribution >= 4 is 24.2 Å². The lowest BCUT2D eigenvalue weighted by molar-refractivity contribution is -0.115. The molecule has 1 aromatic rings. The van der Waals surface area contributed by atoms with Crippen molar-refractivity contribution in [1.29, 1.82) is 0 Å². The van der Waals surface area contributed by atoms with Crippen molar-refractivity contribution < 1.29 is 18.8 Å². The number of rotatable bonds is 2. The van der Waals surface area contributed by atoms with Crippen molar-refractivity contribution in [2.75, 3.05) is 11.4 Å². The van der Waals surface area contributed by atoms with Crippen LogP contribution in [-0.4, -0.2) is 36.4 Å². The molecule has 1 aromatic carbocycles. The molecule has 0 radical (unpaired) electrons. The molecule has 2 aliphatic rings. The first kappa shape index (κ1) is 18.0. The lowest BCUT2D eigenvalue weighted by atomic mass is 9.78. The van der Waals surface area contributed by atoms with E-state index in [1.54, 1.807) is 4.90 Å². The molecular weight excluding hydrogens is 317 g/mol. The van der Waals surface area contributed by atoms with E-state index in [4.69, 9.17) is 14.0 Å². The van der Waals surface area contributed by atoms with Crippen molar-refractivity contribution in [3.05, 3.63) is 30.9 Å². The molecule has 134 valence electrons. The Morgan fingerprint density at radius 2 is 1.76 bits per heavy atom. The van der Waals surface area contributed by atoms with Gasteiger partial charge in [-0.15, -0.1) is 0 Å². The molecule has 6 heteroatoms. The van der Waals surface area contributed by atoms with Gasteiger partial charge >= 0.3 is 7.12 Å². The van der Waals surface area contributed by atoms with Crippen LogP contribution >= 0.6 is 0 Å². The molecule has 1 fully saturated rings. The van der Waals surface area contributed by atoms with E-state index in [0.29, 0.717) is 12.3 Å². The van der Waals surface area contributed by atoms with Gasteiger partial charge in [0.2, 0.25) is 0 Å². The van der Waals surface area contributed by atoms with Crippen LogP contribution in [0.5, 0.6) is 5.75 Å². The highest BCUT2D eigenvalue weighted by Crippen LogP contribution is 2.39. The number of anilines is 1. The molecule has 0 aliphatic carbocycles.